The number of fused-ring (bicyclic) bond motifs is 2. The maximum absolute atomic E-state index is 12.0. The maximum Gasteiger partial charge on any atom is 0.0951 e. The highest BCUT2D eigenvalue weighted by Gasteiger charge is 2.43. The van der Waals surface area contributed by atoms with Crippen LogP contribution in [0.1, 0.15) is 12.0 Å². The Kier molecular flexibility index (Phi) is 3.55. The zero-order valence-corrected chi connectivity index (χ0v) is 12.7. The van der Waals surface area contributed by atoms with Crippen LogP contribution in [0, 0.1) is 0 Å². The van der Waals surface area contributed by atoms with Crippen molar-refractivity contribution >= 4 is 7.14 Å². The van der Waals surface area contributed by atoms with E-state index < -0.39 is 7.14 Å². The van der Waals surface area contributed by atoms with Crippen molar-refractivity contribution in [3.63, 3.8) is 0 Å². The Hall–Kier alpha value is -0.630. The summed E-state index contributed by atoms with van der Waals surface area (Å²) in [6, 6.07) is 12.0. The van der Waals surface area contributed by atoms with Gasteiger partial charge in [0, 0.05) is 31.7 Å². The average Bonchev–Trinajstić information content (AvgIpc) is 2.87. The van der Waals surface area contributed by atoms with Crippen LogP contribution in [0.25, 0.3) is 0 Å². The molecule has 0 radical (unpaired) electrons. The summed E-state index contributed by atoms with van der Waals surface area (Å²) in [4.78, 5) is 5.04. The summed E-state index contributed by atoms with van der Waals surface area (Å²) in [6.07, 6.45) is 2.06. The summed E-state index contributed by atoms with van der Waals surface area (Å²) in [6.45, 7) is 7.11. The Morgan fingerprint density at radius 1 is 1.11 bits per heavy atom. The van der Waals surface area contributed by atoms with Crippen molar-refractivity contribution in [2.45, 2.75) is 25.0 Å². The number of hydrogen-bond donors (Lipinski definition) is 0. The smallest absolute Gasteiger partial charge is 0.0951 e. The van der Waals surface area contributed by atoms with Gasteiger partial charge < -0.3 is 4.57 Å². The van der Waals surface area contributed by atoms with Crippen molar-refractivity contribution in [2.24, 2.45) is 0 Å². The Balaban J connectivity index is 1.59. The second-order valence-electron chi connectivity index (χ2n) is 6.45. The third-order valence-corrected chi connectivity index (χ3v) is 5.26. The van der Waals surface area contributed by atoms with Crippen LogP contribution in [0.5, 0.6) is 0 Å². The van der Waals surface area contributed by atoms with Gasteiger partial charge in [0.05, 0.1) is 13.4 Å². The first-order chi connectivity index (χ1) is 9.01. The minimum Gasteiger partial charge on any atom is -0.323 e. The van der Waals surface area contributed by atoms with Gasteiger partial charge in [0.2, 0.25) is 0 Å². The first-order valence-corrected chi connectivity index (χ1v) is 9.86. The molecule has 2 heterocycles. The summed E-state index contributed by atoms with van der Waals surface area (Å²) < 4.78 is 12.0. The fraction of sp³-hybridized carbons (Fsp3) is 0.600. The SMILES string of the molecule is CP(C)(=O)CN1C[C@@H]2C[C@H]1CN2Cc1ccccc1. The number of rotatable bonds is 4. The van der Waals surface area contributed by atoms with Crippen molar-refractivity contribution in [1.82, 2.24) is 9.80 Å². The molecule has 2 fully saturated rings. The van der Waals surface area contributed by atoms with E-state index in [9.17, 15) is 4.57 Å². The molecule has 0 aromatic heterocycles. The quantitative estimate of drug-likeness (QED) is 0.791. The highest BCUT2D eigenvalue weighted by Crippen LogP contribution is 2.41. The van der Waals surface area contributed by atoms with E-state index in [0.717, 1.165) is 25.9 Å². The number of nitrogens with zero attached hydrogens (tertiary/aromatic N) is 2. The van der Waals surface area contributed by atoms with Gasteiger partial charge in [-0.3, -0.25) is 9.80 Å². The molecule has 0 amide bonds. The Morgan fingerprint density at radius 2 is 1.74 bits per heavy atom. The third kappa shape index (κ3) is 3.10. The highest BCUT2D eigenvalue weighted by atomic mass is 31.2. The van der Waals surface area contributed by atoms with E-state index in [4.69, 9.17) is 0 Å². The van der Waals surface area contributed by atoms with Gasteiger partial charge in [-0.05, 0) is 25.3 Å². The summed E-state index contributed by atoms with van der Waals surface area (Å²) >= 11 is 0. The van der Waals surface area contributed by atoms with Crippen molar-refractivity contribution in [3.8, 4) is 0 Å². The average molecular weight is 278 g/mol. The second kappa shape index (κ2) is 5.05. The van der Waals surface area contributed by atoms with E-state index in [1.165, 1.54) is 12.0 Å². The van der Waals surface area contributed by atoms with Crippen LogP contribution in [0.3, 0.4) is 0 Å². The van der Waals surface area contributed by atoms with Crippen LogP contribution in [0.15, 0.2) is 30.3 Å². The van der Waals surface area contributed by atoms with Gasteiger partial charge in [-0.1, -0.05) is 30.3 Å². The fourth-order valence-electron chi connectivity index (χ4n) is 3.45. The van der Waals surface area contributed by atoms with E-state index in [0.29, 0.717) is 12.1 Å². The van der Waals surface area contributed by atoms with Crippen LogP contribution in [0.4, 0.5) is 0 Å². The standard InChI is InChI=1S/C15H23N2OP/c1-19(2,18)12-17-11-14-8-15(17)10-16(14)9-13-6-4-3-5-7-13/h3-7,14-15H,8-12H2,1-2H3/t14-,15-/m0/s1. The Bertz CT molecular complexity index is 484. The summed E-state index contributed by atoms with van der Waals surface area (Å²) in [5, 5.41) is 0. The van der Waals surface area contributed by atoms with E-state index >= 15 is 0 Å². The first kappa shape index (κ1) is 13.4. The Labute approximate surface area is 116 Å². The molecule has 0 N–H and O–H groups in total. The molecule has 0 saturated carbocycles. The van der Waals surface area contributed by atoms with Crippen molar-refractivity contribution in [3.05, 3.63) is 35.9 Å². The molecule has 19 heavy (non-hydrogen) atoms. The molecule has 0 spiro atoms. The zero-order chi connectivity index (χ0) is 13.5. The van der Waals surface area contributed by atoms with Crippen LogP contribution in [0.2, 0.25) is 0 Å². The van der Waals surface area contributed by atoms with Gasteiger partial charge >= 0.3 is 0 Å². The molecular weight excluding hydrogens is 255 g/mol. The third-order valence-electron chi connectivity index (χ3n) is 4.22. The molecule has 3 rings (SSSR count). The van der Waals surface area contributed by atoms with Crippen LogP contribution < -0.4 is 0 Å². The van der Waals surface area contributed by atoms with Crippen molar-refractivity contribution in [1.29, 1.82) is 0 Å². The van der Waals surface area contributed by atoms with Gasteiger partial charge in [-0.25, -0.2) is 0 Å². The van der Waals surface area contributed by atoms with Gasteiger partial charge in [-0.15, -0.1) is 0 Å². The number of piperazine rings is 1. The molecule has 0 aliphatic carbocycles. The molecule has 104 valence electrons. The molecule has 0 unspecified atom stereocenters. The summed E-state index contributed by atoms with van der Waals surface area (Å²) in [5.74, 6) is 0. The maximum atomic E-state index is 12.0. The van der Waals surface area contributed by atoms with E-state index in [1.807, 2.05) is 13.3 Å². The van der Waals surface area contributed by atoms with Crippen molar-refractivity contribution < 1.29 is 4.57 Å². The molecule has 2 bridgehead atoms. The van der Waals surface area contributed by atoms with Gasteiger partial charge in [0.1, 0.15) is 0 Å². The topological polar surface area (TPSA) is 23.6 Å². The van der Waals surface area contributed by atoms with Gasteiger partial charge in [-0.2, -0.15) is 0 Å². The van der Waals surface area contributed by atoms with Crippen LogP contribution in [-0.2, 0) is 11.1 Å². The van der Waals surface area contributed by atoms with Gasteiger partial charge in [0.15, 0.2) is 0 Å². The van der Waals surface area contributed by atoms with E-state index in [1.54, 1.807) is 0 Å². The lowest BCUT2D eigenvalue weighted by Gasteiger charge is -2.34. The monoisotopic (exact) mass is 278 g/mol. The fourth-order valence-corrected chi connectivity index (χ4v) is 4.68. The summed E-state index contributed by atoms with van der Waals surface area (Å²) in [5.41, 5.74) is 1.40. The highest BCUT2D eigenvalue weighted by molar-refractivity contribution is 7.62. The molecule has 1 aromatic rings. The molecule has 4 heteroatoms. The molecular formula is C15H23N2OP. The number of benzene rings is 1. The predicted octanol–water partition coefficient (Wildman–Crippen LogP) is 2.53. The largest absolute Gasteiger partial charge is 0.323 e. The Morgan fingerprint density at radius 3 is 2.32 bits per heavy atom. The lowest BCUT2D eigenvalue weighted by Crippen LogP contribution is -2.45. The predicted molar refractivity (Wildman–Crippen MR) is 80.1 cm³/mol. The number of hydrogen-bond acceptors (Lipinski definition) is 3. The molecule has 3 nitrogen and oxygen atoms in total. The second-order valence-corrected chi connectivity index (χ2v) is 9.88. The summed E-state index contributed by atoms with van der Waals surface area (Å²) in [7, 11) is -1.92. The lowest BCUT2D eigenvalue weighted by molar-refractivity contribution is 0.137. The lowest BCUT2D eigenvalue weighted by atomic mass is 10.2. The minimum atomic E-state index is -1.92. The molecule has 1 aromatic carbocycles. The molecule has 2 aliphatic heterocycles. The first-order valence-electron chi connectivity index (χ1n) is 7.07. The molecule has 2 atom stereocenters. The number of likely N-dealkylation sites (tertiary alicyclic amines) is 2. The van der Waals surface area contributed by atoms with E-state index in [2.05, 4.69) is 40.1 Å². The van der Waals surface area contributed by atoms with E-state index in [-0.39, 0.29) is 0 Å². The van der Waals surface area contributed by atoms with Crippen LogP contribution in [-0.4, -0.2) is 54.6 Å². The van der Waals surface area contributed by atoms with Crippen LogP contribution >= 0.6 is 7.14 Å². The normalized spacial score (nSPS) is 28.1. The minimum absolute atomic E-state index is 0.627. The van der Waals surface area contributed by atoms with Crippen molar-refractivity contribution in [2.75, 3.05) is 32.7 Å². The van der Waals surface area contributed by atoms with Gasteiger partial charge in [0.25, 0.3) is 0 Å². The molecule has 2 saturated heterocycles. The molecule has 2 aliphatic rings. The zero-order valence-electron chi connectivity index (χ0n) is 11.8.